The Kier molecular flexibility index (Phi) is 58.0. The van der Waals surface area contributed by atoms with E-state index in [1.807, 2.05) is 0 Å². The molecule has 0 radical (unpaired) electrons. The summed E-state index contributed by atoms with van der Waals surface area (Å²) in [6.45, 7) is 4.95. The minimum atomic E-state index is -0.675. The molecule has 0 fully saturated rings. The molecule has 1 amide bonds. The molecule has 2 unspecified atom stereocenters. The number of rotatable bonds is 59. The van der Waals surface area contributed by atoms with E-state index in [-0.39, 0.29) is 18.5 Å². The summed E-state index contributed by atoms with van der Waals surface area (Å²) in [6.07, 6.45) is 70.8. The first-order valence-corrected chi connectivity index (χ1v) is 31.4. The van der Waals surface area contributed by atoms with Gasteiger partial charge in [-0.15, -0.1) is 0 Å². The van der Waals surface area contributed by atoms with Crippen molar-refractivity contribution in [2.45, 2.75) is 366 Å². The molecule has 0 heterocycles. The normalized spacial score (nSPS) is 12.6. The first-order chi connectivity index (χ1) is 34.0. The van der Waals surface area contributed by atoms with E-state index in [0.717, 1.165) is 70.6 Å². The van der Waals surface area contributed by atoms with Crippen LogP contribution in [0.2, 0.25) is 0 Å². The Bertz CT molecular complexity index is 1030. The summed E-state index contributed by atoms with van der Waals surface area (Å²) in [5.74, 6) is -0.0531. The zero-order valence-electron chi connectivity index (χ0n) is 46.8. The lowest BCUT2D eigenvalue weighted by atomic mass is 10.0. The monoisotopic (exact) mass is 974 g/mol. The van der Waals surface area contributed by atoms with Crippen molar-refractivity contribution in [2.24, 2.45) is 0 Å². The van der Waals surface area contributed by atoms with E-state index in [2.05, 4.69) is 31.3 Å². The van der Waals surface area contributed by atoms with E-state index in [1.165, 1.54) is 250 Å². The Morgan fingerprint density at radius 3 is 1.03 bits per heavy atom. The molecule has 6 nitrogen and oxygen atoms in total. The first-order valence-electron chi connectivity index (χ1n) is 31.4. The molecule has 0 aliphatic carbocycles. The van der Waals surface area contributed by atoms with Gasteiger partial charge in [-0.2, -0.15) is 0 Å². The third-order valence-electron chi connectivity index (χ3n) is 14.8. The van der Waals surface area contributed by atoms with E-state index in [4.69, 9.17) is 4.74 Å². The molecule has 0 aromatic rings. The summed E-state index contributed by atoms with van der Waals surface area (Å²) in [5.41, 5.74) is 0. The Morgan fingerprint density at radius 2 is 0.681 bits per heavy atom. The number of allylic oxidation sites excluding steroid dienone is 2. The maximum Gasteiger partial charge on any atom is 0.305 e. The van der Waals surface area contributed by atoms with Crippen LogP contribution < -0.4 is 5.32 Å². The van der Waals surface area contributed by atoms with E-state index in [0.29, 0.717) is 25.9 Å². The number of esters is 1. The second kappa shape index (κ2) is 59.2. The molecule has 2 atom stereocenters. The minimum Gasteiger partial charge on any atom is -0.466 e. The molecule has 3 N–H and O–H groups in total. The third kappa shape index (κ3) is 55.8. The highest BCUT2D eigenvalue weighted by Crippen LogP contribution is 2.18. The van der Waals surface area contributed by atoms with Gasteiger partial charge in [0.1, 0.15) is 0 Å². The summed E-state index contributed by atoms with van der Waals surface area (Å²) in [4.78, 5) is 24.6. The van der Waals surface area contributed by atoms with Crippen molar-refractivity contribution in [2.75, 3.05) is 13.2 Å². The second-order valence-corrected chi connectivity index (χ2v) is 21.7. The molecule has 0 aromatic heterocycles. The Morgan fingerprint density at radius 1 is 0.391 bits per heavy atom. The molecular formula is C63H123NO5. The van der Waals surface area contributed by atoms with Crippen LogP contribution in [0, 0.1) is 0 Å². The summed E-state index contributed by atoms with van der Waals surface area (Å²) < 4.78 is 5.46. The van der Waals surface area contributed by atoms with Gasteiger partial charge in [-0.1, -0.05) is 302 Å². The molecule has 0 rings (SSSR count). The molecule has 0 aromatic carbocycles. The van der Waals surface area contributed by atoms with Gasteiger partial charge in [0.15, 0.2) is 0 Å². The van der Waals surface area contributed by atoms with Gasteiger partial charge >= 0.3 is 5.97 Å². The number of hydrogen-bond donors (Lipinski definition) is 3. The van der Waals surface area contributed by atoms with E-state index < -0.39 is 12.1 Å². The largest absolute Gasteiger partial charge is 0.466 e. The lowest BCUT2D eigenvalue weighted by Gasteiger charge is -2.22. The summed E-state index contributed by atoms with van der Waals surface area (Å²) in [6, 6.07) is -0.553. The summed E-state index contributed by atoms with van der Waals surface area (Å²) >= 11 is 0. The molecule has 0 saturated heterocycles. The summed E-state index contributed by atoms with van der Waals surface area (Å²) in [7, 11) is 0. The molecule has 0 saturated carbocycles. The summed E-state index contributed by atoms with van der Waals surface area (Å²) in [5, 5.41) is 23.4. The van der Waals surface area contributed by atoms with Crippen molar-refractivity contribution in [1.82, 2.24) is 5.32 Å². The van der Waals surface area contributed by atoms with Crippen LogP contribution in [-0.4, -0.2) is 47.4 Å². The lowest BCUT2D eigenvalue weighted by molar-refractivity contribution is -0.143. The predicted octanol–water partition coefficient (Wildman–Crippen LogP) is 19.6. The van der Waals surface area contributed by atoms with Gasteiger partial charge in [0.25, 0.3) is 0 Å². The van der Waals surface area contributed by atoms with Crippen LogP contribution in [-0.2, 0) is 14.3 Å². The Hall–Kier alpha value is -1.40. The van der Waals surface area contributed by atoms with Crippen molar-refractivity contribution < 1.29 is 24.5 Å². The van der Waals surface area contributed by atoms with Crippen molar-refractivity contribution in [3.05, 3.63) is 12.2 Å². The number of carbonyl (C=O) groups excluding carboxylic acids is 2. The van der Waals surface area contributed by atoms with Crippen molar-refractivity contribution in [3.63, 3.8) is 0 Å². The van der Waals surface area contributed by atoms with Crippen molar-refractivity contribution in [3.8, 4) is 0 Å². The highest BCUT2D eigenvalue weighted by molar-refractivity contribution is 5.76. The molecule has 6 heteroatoms. The van der Waals surface area contributed by atoms with E-state index in [1.54, 1.807) is 0 Å². The maximum atomic E-state index is 12.5. The average molecular weight is 975 g/mol. The zero-order chi connectivity index (χ0) is 50.0. The lowest BCUT2D eigenvalue weighted by Crippen LogP contribution is -2.45. The molecule has 0 aliphatic rings. The van der Waals surface area contributed by atoms with Gasteiger partial charge in [-0.05, 0) is 51.4 Å². The fraction of sp³-hybridized carbons (Fsp3) is 0.937. The first kappa shape index (κ1) is 67.6. The molecule has 0 spiro atoms. The van der Waals surface area contributed by atoms with Crippen LogP contribution in [0.3, 0.4) is 0 Å². The van der Waals surface area contributed by atoms with Crippen LogP contribution in [0.25, 0.3) is 0 Å². The minimum absolute atomic E-state index is 0.00734. The number of hydrogen-bond acceptors (Lipinski definition) is 5. The third-order valence-corrected chi connectivity index (χ3v) is 14.8. The van der Waals surface area contributed by atoms with Crippen LogP contribution in [0.4, 0.5) is 0 Å². The Labute approximate surface area is 431 Å². The average Bonchev–Trinajstić information content (AvgIpc) is 3.35. The maximum absolute atomic E-state index is 12.5. The second-order valence-electron chi connectivity index (χ2n) is 21.7. The van der Waals surface area contributed by atoms with Crippen LogP contribution >= 0.6 is 0 Å². The Balaban J connectivity index is 3.45. The van der Waals surface area contributed by atoms with Crippen LogP contribution in [0.1, 0.15) is 354 Å². The van der Waals surface area contributed by atoms with Gasteiger partial charge < -0.3 is 20.3 Å². The number of amides is 1. The zero-order valence-corrected chi connectivity index (χ0v) is 46.8. The van der Waals surface area contributed by atoms with E-state index in [9.17, 15) is 19.8 Å². The number of aliphatic hydroxyl groups is 2. The topological polar surface area (TPSA) is 95.9 Å². The predicted molar refractivity (Wildman–Crippen MR) is 301 cm³/mol. The van der Waals surface area contributed by atoms with Crippen LogP contribution in [0.5, 0.6) is 0 Å². The van der Waals surface area contributed by atoms with Gasteiger partial charge in [-0.25, -0.2) is 0 Å². The number of ether oxygens (including phenoxy) is 1. The van der Waals surface area contributed by atoms with Crippen molar-refractivity contribution >= 4 is 11.9 Å². The van der Waals surface area contributed by atoms with Gasteiger partial charge in [0, 0.05) is 12.8 Å². The fourth-order valence-corrected chi connectivity index (χ4v) is 9.99. The van der Waals surface area contributed by atoms with Crippen molar-refractivity contribution in [1.29, 1.82) is 0 Å². The highest BCUT2D eigenvalue weighted by Gasteiger charge is 2.20. The molecule has 410 valence electrons. The standard InChI is InChI=1S/C63H123NO5/c1-3-5-7-9-11-13-15-17-18-19-20-21-22-23-24-25-26-28-32-35-39-43-47-51-55-61(66)60(59-65)64-62(67)56-52-48-44-40-36-33-29-27-30-34-38-42-46-50-54-58-69-63(68)57-53-49-45-41-37-31-16-14-12-10-8-6-4-2/h30,34,60-61,65-66H,3-29,31-33,35-59H2,1-2H3,(H,64,67)/b34-30-. The fourth-order valence-electron chi connectivity index (χ4n) is 9.99. The van der Waals surface area contributed by atoms with Gasteiger partial charge in [0.05, 0.1) is 25.4 Å². The quantitative estimate of drug-likeness (QED) is 0.0321. The molecular weight excluding hydrogens is 851 g/mol. The number of nitrogens with one attached hydrogen (secondary N) is 1. The molecule has 0 bridgehead atoms. The molecule has 69 heavy (non-hydrogen) atoms. The van der Waals surface area contributed by atoms with Crippen LogP contribution in [0.15, 0.2) is 12.2 Å². The van der Waals surface area contributed by atoms with Gasteiger partial charge in [0.2, 0.25) is 5.91 Å². The number of unbranched alkanes of at least 4 members (excludes halogenated alkanes) is 46. The smallest absolute Gasteiger partial charge is 0.305 e. The highest BCUT2D eigenvalue weighted by atomic mass is 16.5. The number of aliphatic hydroxyl groups excluding tert-OH is 2. The van der Waals surface area contributed by atoms with Gasteiger partial charge in [-0.3, -0.25) is 9.59 Å². The van der Waals surface area contributed by atoms with E-state index >= 15 is 0 Å². The molecule has 0 aliphatic heterocycles. The SMILES string of the molecule is CCCCCCCCCCCCCCCCCCCCCCCCCCC(O)C(CO)NC(=O)CCCCCCCCC/C=C\CCCCCCOC(=O)CCCCCCCCCCCCCCC. The number of carbonyl (C=O) groups is 2.